The number of benzene rings is 2. The molecule has 0 unspecified atom stereocenters. The number of esters is 1. The zero-order valence-corrected chi connectivity index (χ0v) is 21.6. The maximum atomic E-state index is 13.7. The van der Waals surface area contributed by atoms with Crippen LogP contribution in [0.25, 0.3) is 10.9 Å². The van der Waals surface area contributed by atoms with Crippen LogP contribution in [0.1, 0.15) is 54.2 Å². The molecule has 1 heterocycles. The Kier molecular flexibility index (Phi) is 7.51. The lowest BCUT2D eigenvalue weighted by Gasteiger charge is -2.29. The molecule has 0 saturated carbocycles. The number of fused-ring (bicyclic) bond motifs is 1. The van der Waals surface area contributed by atoms with Crippen molar-refractivity contribution in [2.45, 2.75) is 52.9 Å². The molecule has 0 atom stereocenters. The third-order valence-electron chi connectivity index (χ3n) is 6.16. The fourth-order valence-corrected chi connectivity index (χ4v) is 4.74. The summed E-state index contributed by atoms with van der Waals surface area (Å²) in [4.78, 5) is 27.6. The number of carbonyl (C=O) groups is 2. The number of nitrogens with zero attached hydrogens (tertiary/aromatic N) is 2. The molecule has 0 amide bonds. The second-order valence-electron chi connectivity index (χ2n) is 9.96. The maximum absolute atomic E-state index is 13.7. The Morgan fingerprint density at radius 3 is 2.41 bits per heavy atom. The molecule has 0 N–H and O–H groups in total. The molecule has 3 aromatic rings. The van der Waals surface area contributed by atoms with Gasteiger partial charge < -0.3 is 14.4 Å². The quantitative estimate of drug-likeness (QED) is 0.334. The Morgan fingerprint density at radius 1 is 1.09 bits per heavy atom. The minimum atomic E-state index is -0.557. The molecule has 0 fully saturated rings. The molecule has 0 bridgehead atoms. The van der Waals surface area contributed by atoms with Crippen LogP contribution in [0.3, 0.4) is 0 Å². The number of hydrogen-bond donors (Lipinski definition) is 0. The number of ether oxygens (including phenoxy) is 2. The van der Waals surface area contributed by atoms with E-state index in [0.717, 1.165) is 46.1 Å². The summed E-state index contributed by atoms with van der Waals surface area (Å²) in [6.45, 7) is 10.3. The van der Waals surface area contributed by atoms with Crippen LogP contribution in [-0.4, -0.2) is 49.1 Å². The number of aryl methyl sites for hydroxylation is 2. The van der Waals surface area contributed by atoms with Gasteiger partial charge in [0.15, 0.2) is 0 Å². The van der Waals surface area contributed by atoms with Gasteiger partial charge in [-0.25, -0.2) is 0 Å². The van der Waals surface area contributed by atoms with Gasteiger partial charge in [0.25, 0.3) is 0 Å². The van der Waals surface area contributed by atoms with Crippen molar-refractivity contribution in [2.24, 2.45) is 0 Å². The highest BCUT2D eigenvalue weighted by molar-refractivity contribution is 5.95. The summed E-state index contributed by atoms with van der Waals surface area (Å²) in [5.74, 6) is 0.841. The fourth-order valence-electron chi connectivity index (χ4n) is 4.74. The average Bonchev–Trinajstić information content (AvgIpc) is 3.08. The van der Waals surface area contributed by atoms with Gasteiger partial charge in [-0.1, -0.05) is 19.9 Å². The molecule has 0 aliphatic heterocycles. The highest BCUT2D eigenvalue weighted by atomic mass is 16.5. The van der Waals surface area contributed by atoms with Crippen molar-refractivity contribution in [1.29, 1.82) is 0 Å². The van der Waals surface area contributed by atoms with Gasteiger partial charge in [-0.15, -0.1) is 0 Å². The Balaban J connectivity index is 2.04. The monoisotopic (exact) mass is 464 g/mol. The molecular weight excluding hydrogens is 428 g/mol. The number of aromatic nitrogens is 1. The highest BCUT2D eigenvalue weighted by Gasteiger charge is 2.31. The predicted octanol–water partition coefficient (Wildman–Crippen LogP) is 5.30. The highest BCUT2D eigenvalue weighted by Crippen LogP contribution is 2.39. The van der Waals surface area contributed by atoms with Gasteiger partial charge in [0, 0.05) is 48.5 Å². The smallest absolute Gasteiger partial charge is 0.308 e. The van der Waals surface area contributed by atoms with Gasteiger partial charge in [0.1, 0.15) is 11.5 Å². The van der Waals surface area contributed by atoms with Gasteiger partial charge in [-0.05, 0) is 69.3 Å². The minimum Gasteiger partial charge on any atom is -0.497 e. The number of rotatable bonds is 8. The summed E-state index contributed by atoms with van der Waals surface area (Å²) < 4.78 is 12.7. The van der Waals surface area contributed by atoms with Gasteiger partial charge in [0.05, 0.1) is 12.6 Å². The molecule has 0 spiro atoms. The van der Waals surface area contributed by atoms with Crippen molar-refractivity contribution >= 4 is 22.8 Å². The molecule has 182 valence electrons. The molecule has 1 aromatic heterocycles. The first-order valence-electron chi connectivity index (χ1n) is 11.6. The first kappa shape index (κ1) is 25.5. The summed E-state index contributed by atoms with van der Waals surface area (Å²) in [5.41, 5.74) is 4.30. The minimum absolute atomic E-state index is 0.0203. The van der Waals surface area contributed by atoms with Crippen LogP contribution in [0.4, 0.5) is 0 Å². The summed E-state index contributed by atoms with van der Waals surface area (Å²) in [6.07, 6.45) is 3.05. The van der Waals surface area contributed by atoms with E-state index in [1.807, 2.05) is 72.3 Å². The molecule has 6 heteroatoms. The van der Waals surface area contributed by atoms with Gasteiger partial charge in [-0.2, -0.15) is 0 Å². The normalized spacial score (nSPS) is 11.8. The van der Waals surface area contributed by atoms with E-state index in [2.05, 4.69) is 11.0 Å². The van der Waals surface area contributed by atoms with Gasteiger partial charge >= 0.3 is 5.97 Å². The Hall–Kier alpha value is -3.12. The third kappa shape index (κ3) is 5.50. The van der Waals surface area contributed by atoms with E-state index in [1.165, 1.54) is 6.92 Å². The van der Waals surface area contributed by atoms with Crippen LogP contribution < -0.4 is 9.47 Å². The molecule has 6 nitrogen and oxygen atoms in total. The van der Waals surface area contributed by atoms with Crippen molar-refractivity contribution in [3.05, 3.63) is 58.8 Å². The third-order valence-corrected chi connectivity index (χ3v) is 6.16. The Bertz CT molecular complexity index is 1220. The van der Waals surface area contributed by atoms with E-state index in [9.17, 15) is 9.59 Å². The second kappa shape index (κ2) is 10.0. The first-order valence-corrected chi connectivity index (χ1v) is 11.6. The lowest BCUT2D eigenvalue weighted by atomic mass is 9.78. The predicted molar refractivity (Wildman–Crippen MR) is 136 cm³/mol. The number of hydrogen-bond acceptors (Lipinski definition) is 5. The molecule has 2 aromatic carbocycles. The SMILES string of the molecule is COc1ccc2c(CCN(C)C)cn(C(=O)CC(C)(C)c3c(C)cc(C)cc3OC(C)=O)c2c1. The summed E-state index contributed by atoms with van der Waals surface area (Å²) in [7, 11) is 5.71. The second-order valence-corrected chi connectivity index (χ2v) is 9.96. The van der Waals surface area contributed by atoms with E-state index >= 15 is 0 Å². The maximum Gasteiger partial charge on any atom is 0.308 e. The van der Waals surface area contributed by atoms with E-state index in [1.54, 1.807) is 11.7 Å². The molecule has 34 heavy (non-hydrogen) atoms. The van der Waals surface area contributed by atoms with Crippen molar-refractivity contribution in [2.75, 3.05) is 27.7 Å². The zero-order valence-electron chi connectivity index (χ0n) is 21.6. The molecule has 0 radical (unpaired) electrons. The summed E-state index contributed by atoms with van der Waals surface area (Å²) >= 11 is 0. The summed E-state index contributed by atoms with van der Waals surface area (Å²) in [6, 6.07) is 9.80. The lowest BCUT2D eigenvalue weighted by molar-refractivity contribution is -0.131. The molecule has 0 saturated heterocycles. The van der Waals surface area contributed by atoms with Crippen LogP contribution in [-0.2, 0) is 16.6 Å². The van der Waals surface area contributed by atoms with E-state index in [-0.39, 0.29) is 18.3 Å². The van der Waals surface area contributed by atoms with Gasteiger partial charge in [-0.3, -0.25) is 14.2 Å². The fraction of sp³-hybridized carbons (Fsp3) is 0.429. The molecule has 3 rings (SSSR count). The largest absolute Gasteiger partial charge is 0.497 e. The van der Waals surface area contributed by atoms with Crippen molar-refractivity contribution in [3.63, 3.8) is 0 Å². The zero-order chi connectivity index (χ0) is 25.2. The first-order chi connectivity index (χ1) is 15.9. The number of methoxy groups -OCH3 is 1. The topological polar surface area (TPSA) is 60.8 Å². The van der Waals surface area contributed by atoms with E-state index < -0.39 is 5.41 Å². The average molecular weight is 465 g/mol. The van der Waals surface area contributed by atoms with Crippen molar-refractivity contribution in [1.82, 2.24) is 9.47 Å². The van der Waals surface area contributed by atoms with Crippen LogP contribution in [0.5, 0.6) is 11.5 Å². The van der Waals surface area contributed by atoms with Crippen LogP contribution in [0, 0.1) is 13.8 Å². The standard InChI is InChI=1S/C28H36N2O4/c1-18-13-19(2)27(25(14-18)34-20(3)31)28(4,5)16-26(32)30-17-21(11-12-29(6)7)23-10-9-22(33-8)15-24(23)30/h9-10,13-15,17H,11-12,16H2,1-8H3. The number of likely N-dealkylation sites (N-methyl/N-ethyl adjacent to an activating group) is 1. The van der Waals surface area contributed by atoms with Crippen molar-refractivity contribution < 1.29 is 19.1 Å². The lowest BCUT2D eigenvalue weighted by Crippen LogP contribution is -2.27. The molecule has 0 aliphatic rings. The van der Waals surface area contributed by atoms with Crippen molar-refractivity contribution in [3.8, 4) is 11.5 Å². The molecular formula is C28H36N2O4. The van der Waals surface area contributed by atoms with Crippen LogP contribution >= 0.6 is 0 Å². The Labute approximate surface area is 202 Å². The van der Waals surface area contributed by atoms with E-state index in [0.29, 0.717) is 11.5 Å². The van der Waals surface area contributed by atoms with Gasteiger partial charge in [0.2, 0.25) is 5.91 Å². The molecule has 0 aliphatic carbocycles. The number of carbonyl (C=O) groups excluding carboxylic acids is 2. The summed E-state index contributed by atoms with van der Waals surface area (Å²) in [5, 5.41) is 1.06. The van der Waals surface area contributed by atoms with Crippen LogP contribution in [0.15, 0.2) is 36.5 Å². The Morgan fingerprint density at radius 2 is 1.79 bits per heavy atom. The van der Waals surface area contributed by atoms with Crippen LogP contribution in [0.2, 0.25) is 0 Å². The van der Waals surface area contributed by atoms with E-state index in [4.69, 9.17) is 9.47 Å².